The van der Waals surface area contributed by atoms with Gasteiger partial charge in [0.1, 0.15) is 0 Å². The summed E-state index contributed by atoms with van der Waals surface area (Å²) in [6.45, 7) is 1.91. The minimum atomic E-state index is -0.103. The zero-order valence-electron chi connectivity index (χ0n) is 18.9. The minimum Gasteiger partial charge on any atom is -0.356 e. The van der Waals surface area contributed by atoms with E-state index < -0.39 is 0 Å². The van der Waals surface area contributed by atoms with Gasteiger partial charge in [-0.05, 0) is 47.4 Å². The summed E-state index contributed by atoms with van der Waals surface area (Å²) in [7, 11) is 1.75. The van der Waals surface area contributed by atoms with Crippen molar-refractivity contribution in [1.29, 1.82) is 0 Å². The standard InChI is InChI=1S/C26H30N4O2.HI/c1-27-26(29-14-12-18-8-4-7-17-6-2-3-9-21(17)18)28-13-5-15-30-24(31)22-19-10-11-20(16-19)23(22)25(30)32;/h2-4,6-11,19-20,22-23H,5,12-16H2,1H3,(H2,27,28,29);1H. The molecule has 33 heavy (non-hydrogen) atoms. The fraction of sp³-hybridized carbons (Fsp3) is 0.423. The number of nitrogens with one attached hydrogen (secondary N) is 2. The molecule has 5 rings (SSSR count). The second kappa shape index (κ2) is 10.2. The third-order valence-electron chi connectivity index (χ3n) is 7.20. The van der Waals surface area contributed by atoms with Crippen molar-refractivity contribution in [2.75, 3.05) is 26.7 Å². The van der Waals surface area contributed by atoms with Crippen LogP contribution in [-0.4, -0.2) is 49.4 Å². The van der Waals surface area contributed by atoms with Gasteiger partial charge in [-0.1, -0.05) is 54.6 Å². The van der Waals surface area contributed by atoms with Crippen LogP contribution in [0, 0.1) is 23.7 Å². The fourth-order valence-corrected chi connectivity index (χ4v) is 5.68. The van der Waals surface area contributed by atoms with Crippen molar-refractivity contribution in [3.63, 3.8) is 0 Å². The molecule has 0 spiro atoms. The van der Waals surface area contributed by atoms with E-state index in [1.165, 1.54) is 21.2 Å². The second-order valence-electron chi connectivity index (χ2n) is 9.00. The molecule has 0 aromatic heterocycles. The number of halogens is 1. The number of likely N-dealkylation sites (tertiary alicyclic amines) is 1. The van der Waals surface area contributed by atoms with Crippen molar-refractivity contribution in [1.82, 2.24) is 15.5 Å². The quantitative estimate of drug-likeness (QED) is 0.137. The van der Waals surface area contributed by atoms with E-state index in [1.54, 1.807) is 7.05 Å². The van der Waals surface area contributed by atoms with E-state index in [0.717, 1.165) is 25.3 Å². The van der Waals surface area contributed by atoms with Crippen molar-refractivity contribution >= 4 is 52.5 Å². The van der Waals surface area contributed by atoms with Crippen LogP contribution < -0.4 is 10.6 Å². The summed E-state index contributed by atoms with van der Waals surface area (Å²) < 4.78 is 0. The molecule has 1 heterocycles. The molecule has 0 radical (unpaired) electrons. The molecule has 2 bridgehead atoms. The number of imide groups is 1. The van der Waals surface area contributed by atoms with Gasteiger partial charge in [0.2, 0.25) is 11.8 Å². The summed E-state index contributed by atoms with van der Waals surface area (Å²) in [5.41, 5.74) is 1.31. The predicted molar refractivity (Wildman–Crippen MR) is 141 cm³/mol. The van der Waals surface area contributed by atoms with E-state index in [9.17, 15) is 9.59 Å². The number of benzene rings is 2. The Morgan fingerprint density at radius 1 is 0.970 bits per heavy atom. The molecule has 2 aromatic rings. The monoisotopic (exact) mass is 558 g/mol. The number of hydrogen-bond acceptors (Lipinski definition) is 3. The van der Waals surface area contributed by atoms with Gasteiger partial charge in [0.25, 0.3) is 0 Å². The van der Waals surface area contributed by atoms with E-state index in [1.807, 2.05) is 0 Å². The van der Waals surface area contributed by atoms with E-state index >= 15 is 0 Å². The van der Waals surface area contributed by atoms with Crippen LogP contribution in [0.5, 0.6) is 0 Å². The number of nitrogens with zero attached hydrogens (tertiary/aromatic N) is 2. The molecule has 1 saturated carbocycles. The molecular weight excluding hydrogens is 527 g/mol. The molecule has 2 N–H and O–H groups in total. The molecule has 1 aliphatic heterocycles. The third kappa shape index (κ3) is 4.52. The van der Waals surface area contributed by atoms with Gasteiger partial charge in [-0.15, -0.1) is 24.0 Å². The minimum absolute atomic E-state index is 0. The summed E-state index contributed by atoms with van der Waals surface area (Å²) in [6.07, 6.45) is 6.86. The van der Waals surface area contributed by atoms with Crippen molar-refractivity contribution in [2.45, 2.75) is 19.3 Å². The van der Waals surface area contributed by atoms with Crippen molar-refractivity contribution in [3.05, 3.63) is 60.2 Å². The summed E-state index contributed by atoms with van der Waals surface area (Å²) in [5, 5.41) is 9.21. The van der Waals surface area contributed by atoms with E-state index in [0.29, 0.717) is 19.5 Å². The highest BCUT2D eigenvalue weighted by atomic mass is 127. The SMILES string of the molecule is CN=C(NCCCN1C(=O)C2C3C=CC(C3)C2C1=O)NCCc1cccc2ccccc12.I. The second-order valence-corrected chi connectivity index (χ2v) is 9.00. The number of rotatable bonds is 7. The average molecular weight is 558 g/mol. The van der Waals surface area contributed by atoms with E-state index in [-0.39, 0.29) is 59.5 Å². The summed E-state index contributed by atoms with van der Waals surface area (Å²) in [6, 6.07) is 14.8. The van der Waals surface area contributed by atoms with Crippen LogP contribution in [0.15, 0.2) is 59.6 Å². The lowest BCUT2D eigenvalue weighted by Crippen LogP contribution is -2.40. The maximum atomic E-state index is 12.8. The van der Waals surface area contributed by atoms with E-state index in [4.69, 9.17) is 0 Å². The van der Waals surface area contributed by atoms with Crippen molar-refractivity contribution in [3.8, 4) is 0 Å². The molecule has 4 atom stereocenters. The molecule has 6 nitrogen and oxygen atoms in total. The smallest absolute Gasteiger partial charge is 0.233 e. The first-order valence-corrected chi connectivity index (χ1v) is 11.6. The van der Waals surface area contributed by atoms with Crippen LogP contribution >= 0.6 is 24.0 Å². The number of hydrogen-bond donors (Lipinski definition) is 2. The number of carbonyl (C=O) groups excluding carboxylic acids is 2. The van der Waals surface area contributed by atoms with Crippen LogP contribution in [0.25, 0.3) is 10.8 Å². The molecule has 174 valence electrons. The molecule has 4 unspecified atom stereocenters. The summed E-state index contributed by atoms with van der Waals surface area (Å²) >= 11 is 0. The number of guanidine groups is 1. The average Bonchev–Trinajstić information content (AvgIpc) is 3.50. The Balaban J connectivity index is 0.00000259. The van der Waals surface area contributed by atoms with Crippen LogP contribution in [0.3, 0.4) is 0 Å². The molecule has 2 amide bonds. The van der Waals surface area contributed by atoms with Crippen molar-refractivity contribution in [2.24, 2.45) is 28.7 Å². The molecular formula is C26H31IN4O2. The number of fused-ring (bicyclic) bond motifs is 6. The molecule has 3 aliphatic rings. The van der Waals surface area contributed by atoms with Crippen molar-refractivity contribution < 1.29 is 9.59 Å². The first-order chi connectivity index (χ1) is 15.7. The Kier molecular flexibility index (Phi) is 7.36. The van der Waals surface area contributed by atoms with Gasteiger partial charge in [-0.3, -0.25) is 19.5 Å². The fourth-order valence-electron chi connectivity index (χ4n) is 5.68. The lowest BCUT2D eigenvalue weighted by Gasteiger charge is -2.18. The summed E-state index contributed by atoms with van der Waals surface area (Å²) in [4.78, 5) is 31.3. The Labute approximate surface area is 211 Å². The number of allylic oxidation sites excluding steroid dienone is 2. The first kappa shape index (κ1) is 23.7. The number of amides is 2. The van der Waals surface area contributed by atoms with Gasteiger partial charge in [-0.25, -0.2) is 0 Å². The van der Waals surface area contributed by atoms with Gasteiger partial charge in [0.05, 0.1) is 11.8 Å². The van der Waals surface area contributed by atoms with Gasteiger partial charge < -0.3 is 10.6 Å². The highest BCUT2D eigenvalue weighted by Gasteiger charge is 2.58. The maximum absolute atomic E-state index is 12.8. The lowest BCUT2D eigenvalue weighted by atomic mass is 9.85. The summed E-state index contributed by atoms with van der Waals surface area (Å²) in [5.74, 6) is 1.15. The highest BCUT2D eigenvalue weighted by molar-refractivity contribution is 14.0. The topological polar surface area (TPSA) is 73.8 Å². The van der Waals surface area contributed by atoms with Crippen LogP contribution in [0.2, 0.25) is 0 Å². The number of aliphatic imine (C=N–C) groups is 1. The van der Waals surface area contributed by atoms with Gasteiger partial charge in [0, 0.05) is 26.7 Å². The molecule has 2 aliphatic carbocycles. The predicted octanol–water partition coefficient (Wildman–Crippen LogP) is 3.36. The first-order valence-electron chi connectivity index (χ1n) is 11.6. The van der Waals surface area contributed by atoms with Gasteiger partial charge in [-0.2, -0.15) is 0 Å². The van der Waals surface area contributed by atoms with Gasteiger partial charge >= 0.3 is 0 Å². The number of carbonyl (C=O) groups is 2. The van der Waals surface area contributed by atoms with Crippen LogP contribution in [0.4, 0.5) is 0 Å². The molecule has 7 heteroatoms. The van der Waals surface area contributed by atoms with Crippen LogP contribution in [-0.2, 0) is 16.0 Å². The molecule has 1 saturated heterocycles. The largest absolute Gasteiger partial charge is 0.356 e. The Morgan fingerprint density at radius 3 is 2.36 bits per heavy atom. The normalized spacial score (nSPS) is 25.5. The highest BCUT2D eigenvalue weighted by Crippen LogP contribution is 2.52. The van der Waals surface area contributed by atoms with E-state index in [2.05, 4.69) is 70.2 Å². The zero-order chi connectivity index (χ0) is 22.1. The maximum Gasteiger partial charge on any atom is 0.233 e. The lowest BCUT2D eigenvalue weighted by molar-refractivity contribution is -0.140. The zero-order valence-corrected chi connectivity index (χ0v) is 21.2. The Hall–Kier alpha value is -2.42. The Bertz CT molecular complexity index is 1060. The molecule has 2 aromatic carbocycles. The van der Waals surface area contributed by atoms with Gasteiger partial charge in [0.15, 0.2) is 5.96 Å². The molecule has 2 fully saturated rings. The van der Waals surface area contributed by atoms with Crippen LogP contribution in [0.1, 0.15) is 18.4 Å². The third-order valence-corrected chi connectivity index (χ3v) is 7.20. The Morgan fingerprint density at radius 2 is 1.64 bits per heavy atom.